The molecule has 33 heavy (non-hydrogen) atoms. The van der Waals surface area contributed by atoms with Crippen LogP contribution in [0.25, 0.3) is 17.0 Å². The van der Waals surface area contributed by atoms with E-state index in [4.69, 9.17) is 0 Å². The van der Waals surface area contributed by atoms with Gasteiger partial charge in [0, 0.05) is 34.4 Å². The van der Waals surface area contributed by atoms with Crippen LogP contribution in [0.4, 0.5) is 5.69 Å². The third kappa shape index (κ3) is 4.83. The lowest BCUT2D eigenvalue weighted by Crippen LogP contribution is -2.42. The third-order valence-electron chi connectivity index (χ3n) is 6.22. The van der Waals surface area contributed by atoms with Gasteiger partial charge in [-0.3, -0.25) is 9.59 Å². The molecule has 0 bridgehead atoms. The second-order valence-corrected chi connectivity index (χ2v) is 8.60. The van der Waals surface area contributed by atoms with E-state index in [1.165, 1.54) is 0 Å². The predicted molar refractivity (Wildman–Crippen MR) is 129 cm³/mol. The van der Waals surface area contributed by atoms with E-state index in [2.05, 4.69) is 6.07 Å². The lowest BCUT2D eigenvalue weighted by molar-refractivity contribution is -0.137. The highest BCUT2D eigenvalue weighted by Gasteiger charge is 2.29. The maximum absolute atomic E-state index is 13.7. The molecular weight excluding hydrogens is 414 g/mol. The highest BCUT2D eigenvalue weighted by molar-refractivity contribution is 6.12. The topological polar surface area (TPSA) is 86.3 Å². The number of hydrogen-bond donors (Lipinski definition) is 1. The summed E-state index contributed by atoms with van der Waals surface area (Å²) < 4.78 is 1.64. The fourth-order valence-corrected chi connectivity index (χ4v) is 4.67. The largest absolute Gasteiger partial charge is 0.480 e. The number of carboxylic acids is 1. The van der Waals surface area contributed by atoms with Crippen LogP contribution in [0.3, 0.4) is 0 Å². The van der Waals surface area contributed by atoms with Crippen molar-refractivity contribution < 1.29 is 14.7 Å². The number of benzene rings is 2. The molecule has 0 saturated heterocycles. The van der Waals surface area contributed by atoms with E-state index >= 15 is 0 Å². The quantitative estimate of drug-likeness (QED) is 0.415. The Labute approximate surface area is 193 Å². The van der Waals surface area contributed by atoms with Crippen LogP contribution in [0.5, 0.6) is 0 Å². The second-order valence-electron chi connectivity index (χ2n) is 8.60. The van der Waals surface area contributed by atoms with Gasteiger partial charge in [-0.05, 0) is 49.6 Å². The fourth-order valence-electron chi connectivity index (χ4n) is 4.67. The van der Waals surface area contributed by atoms with Crippen molar-refractivity contribution in [3.05, 3.63) is 71.4 Å². The Morgan fingerprint density at radius 2 is 1.88 bits per heavy atom. The van der Waals surface area contributed by atoms with Gasteiger partial charge in [-0.15, -0.1) is 0 Å². The molecule has 1 fully saturated rings. The number of aromatic nitrogens is 1. The summed E-state index contributed by atoms with van der Waals surface area (Å²) in [5, 5.41) is 20.1. The minimum absolute atomic E-state index is 0.0411. The Hall–Kier alpha value is -3.85. The molecule has 4 rings (SSSR count). The minimum Gasteiger partial charge on any atom is -0.480 e. The summed E-state index contributed by atoms with van der Waals surface area (Å²) in [4.78, 5) is 26.8. The predicted octanol–water partition coefficient (Wildman–Crippen LogP) is 5.31. The molecule has 1 aliphatic carbocycles. The summed E-state index contributed by atoms with van der Waals surface area (Å²) in [6, 6.07) is 17.5. The summed E-state index contributed by atoms with van der Waals surface area (Å²) in [5.41, 5.74) is 3.26. The Morgan fingerprint density at radius 1 is 1.15 bits per heavy atom. The van der Waals surface area contributed by atoms with Crippen molar-refractivity contribution in [1.29, 1.82) is 5.26 Å². The van der Waals surface area contributed by atoms with Gasteiger partial charge in [0.15, 0.2) is 0 Å². The SMILES string of the molecule is Cc1ccc2c(/C=C(\C#N)C(=O)N(c3ccccc3)C3CCCCC3)cn(CC(=O)O)c2c1. The number of aryl methyl sites for hydroxylation is 1. The molecule has 0 radical (unpaired) electrons. The third-order valence-corrected chi connectivity index (χ3v) is 6.22. The van der Waals surface area contributed by atoms with Gasteiger partial charge in [0.1, 0.15) is 18.2 Å². The van der Waals surface area contributed by atoms with E-state index in [1.54, 1.807) is 21.7 Å². The van der Waals surface area contributed by atoms with Crippen LogP contribution in [-0.2, 0) is 16.1 Å². The van der Waals surface area contributed by atoms with E-state index < -0.39 is 5.97 Å². The first-order valence-corrected chi connectivity index (χ1v) is 11.3. The van der Waals surface area contributed by atoms with Crippen molar-refractivity contribution in [3.63, 3.8) is 0 Å². The zero-order valence-corrected chi connectivity index (χ0v) is 18.7. The van der Waals surface area contributed by atoms with Crippen molar-refractivity contribution in [2.24, 2.45) is 0 Å². The van der Waals surface area contributed by atoms with Gasteiger partial charge in [-0.25, -0.2) is 0 Å². The number of nitriles is 1. The Balaban J connectivity index is 1.77. The molecule has 1 N–H and O–H groups in total. The first-order valence-electron chi connectivity index (χ1n) is 11.3. The number of fused-ring (bicyclic) bond motifs is 1. The summed E-state index contributed by atoms with van der Waals surface area (Å²) >= 11 is 0. The Morgan fingerprint density at radius 3 is 2.55 bits per heavy atom. The summed E-state index contributed by atoms with van der Waals surface area (Å²) in [6.07, 6.45) is 8.42. The molecule has 1 aliphatic rings. The molecule has 1 aromatic heterocycles. The molecule has 6 nitrogen and oxygen atoms in total. The molecular formula is C27H27N3O3. The number of nitrogens with zero attached hydrogens (tertiary/aromatic N) is 3. The van der Waals surface area contributed by atoms with Crippen molar-refractivity contribution in [2.75, 3.05) is 4.90 Å². The molecule has 0 spiro atoms. The van der Waals surface area contributed by atoms with Crippen molar-refractivity contribution in [1.82, 2.24) is 4.57 Å². The van der Waals surface area contributed by atoms with E-state index in [-0.39, 0.29) is 24.1 Å². The number of carboxylic acid groups (broad SMARTS) is 1. The number of carbonyl (C=O) groups excluding carboxylic acids is 1. The van der Waals surface area contributed by atoms with Crippen molar-refractivity contribution >= 4 is 34.5 Å². The van der Waals surface area contributed by atoms with Crippen LogP contribution in [0.1, 0.15) is 43.2 Å². The highest BCUT2D eigenvalue weighted by Crippen LogP contribution is 2.30. The molecule has 1 saturated carbocycles. The van der Waals surface area contributed by atoms with E-state index in [0.717, 1.165) is 54.3 Å². The molecule has 0 atom stereocenters. The maximum Gasteiger partial charge on any atom is 0.323 e. The molecule has 3 aromatic rings. The molecule has 2 aromatic carbocycles. The lowest BCUT2D eigenvalue weighted by atomic mass is 9.93. The first kappa shape index (κ1) is 22.3. The highest BCUT2D eigenvalue weighted by atomic mass is 16.4. The van der Waals surface area contributed by atoms with Crippen LogP contribution >= 0.6 is 0 Å². The van der Waals surface area contributed by atoms with E-state index in [9.17, 15) is 20.0 Å². The van der Waals surface area contributed by atoms with Gasteiger partial charge in [-0.1, -0.05) is 49.6 Å². The number of aliphatic carboxylic acids is 1. The molecule has 0 unspecified atom stereocenters. The fraction of sp³-hybridized carbons (Fsp3) is 0.296. The number of hydrogen-bond acceptors (Lipinski definition) is 3. The van der Waals surface area contributed by atoms with Gasteiger partial charge >= 0.3 is 5.97 Å². The van der Waals surface area contributed by atoms with Crippen molar-refractivity contribution in [3.8, 4) is 6.07 Å². The van der Waals surface area contributed by atoms with Gasteiger partial charge in [-0.2, -0.15) is 5.26 Å². The number of anilines is 1. The minimum atomic E-state index is -0.951. The van der Waals surface area contributed by atoms with Gasteiger partial charge in [0.2, 0.25) is 0 Å². The zero-order valence-electron chi connectivity index (χ0n) is 18.7. The summed E-state index contributed by atoms with van der Waals surface area (Å²) in [5.74, 6) is -1.27. The van der Waals surface area contributed by atoms with Crippen LogP contribution < -0.4 is 4.90 Å². The Bertz CT molecular complexity index is 1240. The number of amides is 1. The lowest BCUT2D eigenvalue weighted by Gasteiger charge is -2.34. The standard InChI is InChI=1S/C27H27N3O3/c1-19-12-13-24-21(17-29(18-26(31)32)25(24)14-19)15-20(16-28)27(33)30(22-8-4-2-5-9-22)23-10-6-3-7-11-23/h2,4-5,8-9,12-15,17,23H,3,6-7,10-11,18H2,1H3,(H,31,32)/b20-15+. The average molecular weight is 442 g/mol. The van der Waals surface area contributed by atoms with Gasteiger partial charge < -0.3 is 14.6 Å². The normalized spacial score (nSPS) is 14.7. The molecule has 1 heterocycles. The molecule has 0 aliphatic heterocycles. The van der Waals surface area contributed by atoms with Crippen molar-refractivity contribution in [2.45, 2.75) is 51.6 Å². The van der Waals surface area contributed by atoms with Crippen LogP contribution in [0.15, 0.2) is 60.3 Å². The number of carbonyl (C=O) groups is 2. The van der Waals surface area contributed by atoms with E-state index in [0.29, 0.717) is 5.56 Å². The average Bonchev–Trinajstić information content (AvgIpc) is 3.14. The molecule has 1 amide bonds. The van der Waals surface area contributed by atoms with Gasteiger partial charge in [0.05, 0.1) is 0 Å². The number of para-hydroxylation sites is 1. The monoisotopic (exact) mass is 441 g/mol. The van der Waals surface area contributed by atoms with Crippen LogP contribution in [0, 0.1) is 18.3 Å². The van der Waals surface area contributed by atoms with Crippen LogP contribution in [-0.4, -0.2) is 27.6 Å². The van der Waals surface area contributed by atoms with E-state index in [1.807, 2.05) is 55.5 Å². The Kier molecular flexibility index (Phi) is 6.60. The van der Waals surface area contributed by atoms with Gasteiger partial charge in [0.25, 0.3) is 5.91 Å². The zero-order chi connectivity index (χ0) is 23.4. The number of rotatable bonds is 6. The molecule has 168 valence electrons. The smallest absolute Gasteiger partial charge is 0.323 e. The maximum atomic E-state index is 13.7. The molecule has 6 heteroatoms. The summed E-state index contributed by atoms with van der Waals surface area (Å²) in [6.45, 7) is 1.75. The first-order chi connectivity index (χ1) is 16.0. The second kappa shape index (κ2) is 9.74. The van der Waals surface area contributed by atoms with Crippen LogP contribution in [0.2, 0.25) is 0 Å². The summed E-state index contributed by atoms with van der Waals surface area (Å²) in [7, 11) is 0.